The van der Waals surface area contributed by atoms with E-state index >= 15 is 0 Å². The van der Waals surface area contributed by atoms with Crippen molar-refractivity contribution in [3.8, 4) is 5.88 Å². The zero-order valence-corrected chi connectivity index (χ0v) is 10.6. The molecule has 8 nitrogen and oxygen atoms in total. The molecule has 102 valence electrons. The molecule has 2 rings (SSSR count). The fourth-order valence-electron chi connectivity index (χ4n) is 1.37. The van der Waals surface area contributed by atoms with E-state index in [-0.39, 0.29) is 5.69 Å². The lowest BCUT2D eigenvalue weighted by Crippen LogP contribution is -1.96. The third-order valence-electron chi connectivity index (χ3n) is 2.35. The maximum absolute atomic E-state index is 10.5. The van der Waals surface area contributed by atoms with Crippen molar-refractivity contribution in [2.24, 2.45) is 5.10 Å². The van der Waals surface area contributed by atoms with Crippen LogP contribution in [0.3, 0.4) is 0 Å². The zero-order chi connectivity index (χ0) is 14.4. The number of aromatic nitrogens is 2. The highest BCUT2D eigenvalue weighted by molar-refractivity contribution is 5.80. The van der Waals surface area contributed by atoms with Crippen molar-refractivity contribution >= 4 is 17.7 Å². The molecule has 0 aliphatic rings. The fraction of sp³-hybridized carbons (Fsp3) is 0.0833. The highest BCUT2D eigenvalue weighted by Gasteiger charge is 2.02. The molecule has 20 heavy (non-hydrogen) atoms. The van der Waals surface area contributed by atoms with Crippen molar-refractivity contribution in [1.82, 2.24) is 9.97 Å². The summed E-state index contributed by atoms with van der Waals surface area (Å²) in [5, 5.41) is 14.5. The van der Waals surface area contributed by atoms with E-state index < -0.39 is 4.92 Å². The van der Waals surface area contributed by atoms with Crippen molar-refractivity contribution in [2.45, 2.75) is 0 Å². The number of nitro benzene ring substituents is 1. The van der Waals surface area contributed by atoms with Crippen LogP contribution in [0, 0.1) is 10.1 Å². The molecule has 0 saturated heterocycles. The van der Waals surface area contributed by atoms with Crippen LogP contribution in [0.5, 0.6) is 5.88 Å². The van der Waals surface area contributed by atoms with Gasteiger partial charge >= 0.3 is 0 Å². The van der Waals surface area contributed by atoms with Gasteiger partial charge in [0, 0.05) is 18.2 Å². The molecule has 1 aromatic carbocycles. The molecule has 0 saturated carbocycles. The molecule has 0 aliphatic carbocycles. The molecule has 1 aromatic heterocycles. The van der Waals surface area contributed by atoms with Gasteiger partial charge in [-0.25, -0.2) is 9.97 Å². The van der Waals surface area contributed by atoms with E-state index in [1.54, 1.807) is 18.2 Å². The number of hydrogen-bond acceptors (Lipinski definition) is 7. The van der Waals surface area contributed by atoms with Gasteiger partial charge in [0.05, 0.1) is 18.2 Å². The van der Waals surface area contributed by atoms with Crippen molar-refractivity contribution in [1.29, 1.82) is 0 Å². The molecule has 2 aromatic rings. The second-order valence-corrected chi connectivity index (χ2v) is 3.66. The SMILES string of the molecule is COc1cc(NN=Cc2ccc([N+](=O)[O-])cc2)ncn1. The number of rotatable bonds is 5. The molecular weight excluding hydrogens is 262 g/mol. The Labute approximate surface area is 114 Å². The van der Waals surface area contributed by atoms with Crippen LogP contribution in [-0.4, -0.2) is 28.2 Å². The zero-order valence-electron chi connectivity index (χ0n) is 10.6. The summed E-state index contributed by atoms with van der Waals surface area (Å²) < 4.78 is 4.95. The van der Waals surface area contributed by atoms with E-state index in [2.05, 4.69) is 20.5 Å². The Kier molecular flexibility index (Phi) is 4.17. The lowest BCUT2D eigenvalue weighted by atomic mass is 10.2. The minimum atomic E-state index is -0.452. The number of methoxy groups -OCH3 is 1. The van der Waals surface area contributed by atoms with Gasteiger partial charge in [0.25, 0.3) is 5.69 Å². The lowest BCUT2D eigenvalue weighted by Gasteiger charge is -2.01. The normalized spacial score (nSPS) is 10.4. The predicted octanol–water partition coefficient (Wildman–Crippen LogP) is 1.84. The van der Waals surface area contributed by atoms with Crippen molar-refractivity contribution in [2.75, 3.05) is 12.5 Å². The Bertz CT molecular complexity index is 627. The van der Waals surface area contributed by atoms with E-state index in [0.29, 0.717) is 11.7 Å². The number of hydrogen-bond donors (Lipinski definition) is 1. The summed E-state index contributed by atoms with van der Waals surface area (Å²) in [6, 6.07) is 7.62. The van der Waals surface area contributed by atoms with Gasteiger partial charge in [-0.05, 0) is 17.7 Å². The molecule has 0 unspecified atom stereocenters. The molecule has 0 bridgehead atoms. The molecule has 1 heterocycles. The molecule has 0 atom stereocenters. The van der Waals surface area contributed by atoms with Crippen LogP contribution in [0.1, 0.15) is 5.56 Å². The van der Waals surface area contributed by atoms with Crippen molar-refractivity contribution in [3.63, 3.8) is 0 Å². The van der Waals surface area contributed by atoms with E-state index in [1.165, 1.54) is 31.8 Å². The number of nitrogens with one attached hydrogen (secondary N) is 1. The lowest BCUT2D eigenvalue weighted by molar-refractivity contribution is -0.384. The minimum Gasteiger partial charge on any atom is -0.481 e. The van der Waals surface area contributed by atoms with E-state index in [4.69, 9.17) is 4.74 Å². The first-order valence-electron chi connectivity index (χ1n) is 5.58. The second-order valence-electron chi connectivity index (χ2n) is 3.66. The number of hydrazone groups is 1. The van der Waals surface area contributed by atoms with Crippen LogP contribution in [0.4, 0.5) is 11.5 Å². The van der Waals surface area contributed by atoms with Gasteiger partial charge in [0.1, 0.15) is 6.33 Å². The fourth-order valence-corrected chi connectivity index (χ4v) is 1.37. The highest BCUT2D eigenvalue weighted by atomic mass is 16.6. The van der Waals surface area contributed by atoms with Gasteiger partial charge in [-0.1, -0.05) is 0 Å². The Morgan fingerprint density at radius 3 is 2.75 bits per heavy atom. The summed E-state index contributed by atoms with van der Waals surface area (Å²) in [5.41, 5.74) is 3.47. The third kappa shape index (κ3) is 3.48. The maximum Gasteiger partial charge on any atom is 0.269 e. The van der Waals surface area contributed by atoms with Crippen LogP contribution < -0.4 is 10.2 Å². The van der Waals surface area contributed by atoms with Gasteiger partial charge < -0.3 is 4.74 Å². The monoisotopic (exact) mass is 273 g/mol. The molecule has 0 fully saturated rings. The topological polar surface area (TPSA) is 103 Å². The van der Waals surface area contributed by atoms with Gasteiger partial charge in [0.15, 0.2) is 5.82 Å². The van der Waals surface area contributed by atoms with Crippen LogP contribution >= 0.6 is 0 Å². The standard InChI is InChI=1S/C12H11N5O3/c1-20-12-6-11(13-8-14-12)16-15-7-9-2-4-10(5-3-9)17(18)19/h2-8H,1H3,(H,13,14,16). The molecule has 0 spiro atoms. The molecule has 1 N–H and O–H groups in total. The number of anilines is 1. The Balaban J connectivity index is 2.00. The van der Waals surface area contributed by atoms with Gasteiger partial charge in [-0.3, -0.25) is 15.5 Å². The Morgan fingerprint density at radius 1 is 1.35 bits per heavy atom. The number of benzene rings is 1. The van der Waals surface area contributed by atoms with Crippen LogP contribution in [0.15, 0.2) is 41.8 Å². The van der Waals surface area contributed by atoms with Crippen molar-refractivity contribution in [3.05, 3.63) is 52.3 Å². The second kappa shape index (κ2) is 6.23. The summed E-state index contributed by atoms with van der Waals surface area (Å²) in [6.45, 7) is 0. The molecule has 0 radical (unpaired) electrons. The van der Waals surface area contributed by atoms with Gasteiger partial charge in [-0.2, -0.15) is 5.10 Å². The highest BCUT2D eigenvalue weighted by Crippen LogP contribution is 2.11. The number of nitro groups is 1. The average molecular weight is 273 g/mol. The van der Waals surface area contributed by atoms with Gasteiger partial charge in [0.2, 0.25) is 5.88 Å². The Hall–Kier alpha value is -3.03. The summed E-state index contributed by atoms with van der Waals surface area (Å²) in [6.07, 6.45) is 2.88. The average Bonchev–Trinajstić information content (AvgIpc) is 2.48. The molecule has 0 aliphatic heterocycles. The van der Waals surface area contributed by atoms with Crippen molar-refractivity contribution < 1.29 is 9.66 Å². The number of non-ortho nitro benzene ring substituents is 1. The van der Waals surface area contributed by atoms with E-state index in [0.717, 1.165) is 5.56 Å². The first kappa shape index (κ1) is 13.4. The van der Waals surface area contributed by atoms with Crippen LogP contribution in [-0.2, 0) is 0 Å². The Morgan fingerprint density at radius 2 is 2.10 bits per heavy atom. The quantitative estimate of drug-likeness (QED) is 0.506. The molecule has 0 amide bonds. The number of nitrogens with zero attached hydrogens (tertiary/aromatic N) is 4. The summed E-state index contributed by atoms with van der Waals surface area (Å²) >= 11 is 0. The van der Waals surface area contributed by atoms with Gasteiger partial charge in [-0.15, -0.1) is 0 Å². The summed E-state index contributed by atoms with van der Waals surface area (Å²) in [5.74, 6) is 0.906. The van der Waals surface area contributed by atoms with E-state index in [9.17, 15) is 10.1 Å². The smallest absolute Gasteiger partial charge is 0.269 e. The first-order chi connectivity index (χ1) is 9.69. The third-order valence-corrected chi connectivity index (χ3v) is 2.35. The predicted molar refractivity (Wildman–Crippen MR) is 72.9 cm³/mol. The largest absolute Gasteiger partial charge is 0.481 e. The molecule has 8 heteroatoms. The number of ether oxygens (including phenoxy) is 1. The van der Waals surface area contributed by atoms with E-state index in [1.807, 2.05) is 0 Å². The summed E-state index contributed by atoms with van der Waals surface area (Å²) in [4.78, 5) is 17.9. The maximum atomic E-state index is 10.5. The molecular formula is C12H11N5O3. The summed E-state index contributed by atoms with van der Waals surface area (Å²) in [7, 11) is 1.51. The van der Waals surface area contributed by atoms with Crippen LogP contribution in [0.2, 0.25) is 0 Å². The van der Waals surface area contributed by atoms with Crippen LogP contribution in [0.25, 0.3) is 0 Å². The first-order valence-corrected chi connectivity index (χ1v) is 5.58. The minimum absolute atomic E-state index is 0.0376.